The van der Waals surface area contributed by atoms with Gasteiger partial charge in [0, 0.05) is 12.5 Å². The first-order valence-corrected chi connectivity index (χ1v) is 9.62. The van der Waals surface area contributed by atoms with E-state index in [1.54, 1.807) is 6.07 Å². The number of carbonyl (C=O) groups excluding carboxylic acids is 1. The maximum atomic E-state index is 13.3. The summed E-state index contributed by atoms with van der Waals surface area (Å²) >= 11 is 5.97. The van der Waals surface area contributed by atoms with Gasteiger partial charge >= 0.3 is 5.97 Å². The Morgan fingerprint density at radius 2 is 1.89 bits per heavy atom. The molecule has 0 fully saturated rings. The van der Waals surface area contributed by atoms with Crippen LogP contribution in [0.1, 0.15) is 6.92 Å². The third-order valence-corrected chi connectivity index (χ3v) is 5.20. The minimum atomic E-state index is -4.11. The molecule has 2 aromatic carbocycles. The number of esters is 1. The van der Waals surface area contributed by atoms with Crippen LogP contribution in [-0.4, -0.2) is 19.5 Å². The zero-order valence-corrected chi connectivity index (χ0v) is 15.8. The summed E-state index contributed by atoms with van der Waals surface area (Å²) in [6.07, 6.45) is 0. The van der Waals surface area contributed by atoms with Gasteiger partial charge in [0.1, 0.15) is 5.82 Å². The Bertz CT molecular complexity index is 1140. The highest BCUT2D eigenvalue weighted by Gasteiger charge is 2.28. The van der Waals surface area contributed by atoms with Crippen LogP contribution in [0, 0.1) is 5.82 Å². The number of benzene rings is 2. The second kappa shape index (κ2) is 7.53. The molecular weight excluding hydrogens is 413 g/mol. The van der Waals surface area contributed by atoms with E-state index < -0.39 is 39.2 Å². The molecule has 0 aliphatic rings. The van der Waals surface area contributed by atoms with Crippen LogP contribution in [0.15, 0.2) is 57.8 Å². The van der Waals surface area contributed by atoms with Crippen LogP contribution in [0.2, 0.25) is 5.02 Å². The molecule has 0 aliphatic carbocycles. The fourth-order valence-electron chi connectivity index (χ4n) is 2.35. The number of halogens is 2. The number of carbonyl (C=O) groups is 1. The first-order chi connectivity index (χ1) is 13.2. The number of anilines is 1. The Morgan fingerprint density at radius 3 is 2.50 bits per heavy atom. The fraction of sp³-hybridized carbons (Fsp3) is 0.0556. The summed E-state index contributed by atoms with van der Waals surface area (Å²) in [6.45, 7) is 1.06. The average molecular weight is 426 g/mol. The lowest BCUT2D eigenvalue weighted by Crippen LogP contribution is -2.13. The lowest BCUT2D eigenvalue weighted by atomic mass is 10.1. The van der Waals surface area contributed by atoms with Gasteiger partial charge in [-0.3, -0.25) is 4.79 Å². The number of rotatable bonds is 5. The Labute approximate surface area is 164 Å². The molecule has 28 heavy (non-hydrogen) atoms. The fourth-order valence-corrected chi connectivity index (χ4v) is 3.61. The van der Waals surface area contributed by atoms with E-state index in [-0.39, 0.29) is 21.2 Å². The summed E-state index contributed by atoms with van der Waals surface area (Å²) in [7, 11) is -4.11. The van der Waals surface area contributed by atoms with Crippen molar-refractivity contribution >= 4 is 33.5 Å². The summed E-state index contributed by atoms with van der Waals surface area (Å²) in [4.78, 5) is 11.3. The lowest BCUT2D eigenvalue weighted by molar-refractivity contribution is -0.131. The van der Waals surface area contributed by atoms with Crippen molar-refractivity contribution in [3.05, 3.63) is 59.4 Å². The highest BCUT2D eigenvalue weighted by atomic mass is 35.5. The molecule has 0 aliphatic heterocycles. The first-order valence-electron chi connectivity index (χ1n) is 7.76. The molecule has 0 radical (unpaired) electrons. The minimum absolute atomic E-state index is 0.0686. The Hall–Kier alpha value is -3.04. The van der Waals surface area contributed by atoms with Crippen molar-refractivity contribution in [3.63, 3.8) is 0 Å². The van der Waals surface area contributed by atoms with Crippen molar-refractivity contribution in [3.8, 4) is 22.8 Å². The van der Waals surface area contributed by atoms with Crippen molar-refractivity contribution in [2.24, 2.45) is 0 Å². The number of ether oxygens (including phenoxy) is 1. The highest BCUT2D eigenvalue weighted by molar-refractivity contribution is 7.92. The van der Waals surface area contributed by atoms with Crippen LogP contribution in [0.5, 0.6) is 11.5 Å². The molecule has 146 valence electrons. The average Bonchev–Trinajstić information content (AvgIpc) is 2.91. The van der Waals surface area contributed by atoms with E-state index in [1.165, 1.54) is 30.3 Å². The van der Waals surface area contributed by atoms with Gasteiger partial charge in [-0.15, -0.1) is 0 Å². The maximum absolute atomic E-state index is 13.3. The molecule has 10 heteroatoms. The second-order valence-corrected chi connectivity index (χ2v) is 7.66. The van der Waals surface area contributed by atoms with Gasteiger partial charge in [0.2, 0.25) is 11.5 Å². The van der Waals surface area contributed by atoms with E-state index in [1.807, 2.05) is 0 Å². The number of aromatic hydroxyl groups is 1. The molecular formula is C18H13ClFNO6S. The summed E-state index contributed by atoms with van der Waals surface area (Å²) in [5.74, 6) is -3.49. The van der Waals surface area contributed by atoms with Crippen LogP contribution in [0.25, 0.3) is 11.3 Å². The summed E-state index contributed by atoms with van der Waals surface area (Å²) in [5, 5.41) is 10.3. The van der Waals surface area contributed by atoms with Gasteiger partial charge < -0.3 is 14.3 Å². The van der Waals surface area contributed by atoms with E-state index in [0.29, 0.717) is 0 Å². The van der Waals surface area contributed by atoms with Gasteiger partial charge in [-0.1, -0.05) is 29.8 Å². The van der Waals surface area contributed by atoms with Crippen LogP contribution >= 0.6 is 11.6 Å². The SMILES string of the molecule is CC(=O)Oc1c(NS(=O)(=O)c2ccccc2)oc(-c2ccc(F)cc2Cl)c1O. The van der Waals surface area contributed by atoms with Crippen LogP contribution < -0.4 is 9.46 Å². The lowest BCUT2D eigenvalue weighted by Gasteiger charge is -2.07. The molecule has 3 rings (SSSR count). The molecule has 0 saturated carbocycles. The normalized spacial score (nSPS) is 11.2. The van der Waals surface area contributed by atoms with Crippen molar-refractivity contribution in [1.82, 2.24) is 0 Å². The maximum Gasteiger partial charge on any atom is 0.308 e. The van der Waals surface area contributed by atoms with Crippen molar-refractivity contribution in [2.75, 3.05) is 4.72 Å². The third kappa shape index (κ3) is 3.95. The molecule has 0 spiro atoms. The van der Waals surface area contributed by atoms with Crippen LogP contribution in [-0.2, 0) is 14.8 Å². The zero-order chi connectivity index (χ0) is 20.5. The number of sulfonamides is 1. The molecule has 7 nitrogen and oxygen atoms in total. The Balaban J connectivity index is 2.11. The number of nitrogens with one attached hydrogen (secondary N) is 1. The zero-order valence-electron chi connectivity index (χ0n) is 14.3. The molecule has 0 bridgehead atoms. The Morgan fingerprint density at radius 1 is 1.21 bits per heavy atom. The third-order valence-electron chi connectivity index (χ3n) is 3.54. The van der Waals surface area contributed by atoms with Crippen molar-refractivity contribution in [1.29, 1.82) is 0 Å². The number of hydrogen-bond donors (Lipinski definition) is 2. The quantitative estimate of drug-likeness (QED) is 0.594. The molecule has 0 amide bonds. The van der Waals surface area contributed by atoms with Gasteiger partial charge in [0.05, 0.1) is 9.92 Å². The topological polar surface area (TPSA) is 106 Å². The standard InChI is InChI=1S/C18H13ClFNO6S/c1-10(22)26-17-15(23)16(13-8-7-11(20)9-14(13)19)27-18(17)21-28(24,25)12-5-3-2-4-6-12/h2-9,21,23H,1H3. The minimum Gasteiger partial charge on any atom is -0.502 e. The van der Waals surface area contributed by atoms with E-state index in [9.17, 15) is 22.7 Å². The molecule has 1 aromatic heterocycles. The van der Waals surface area contributed by atoms with E-state index >= 15 is 0 Å². The van der Waals surface area contributed by atoms with Gasteiger partial charge in [-0.25, -0.2) is 17.5 Å². The van der Waals surface area contributed by atoms with Gasteiger partial charge in [0.25, 0.3) is 15.9 Å². The van der Waals surface area contributed by atoms with Gasteiger partial charge in [-0.05, 0) is 30.3 Å². The van der Waals surface area contributed by atoms with Gasteiger partial charge in [0.15, 0.2) is 5.76 Å². The summed E-state index contributed by atoms with van der Waals surface area (Å²) in [5.41, 5.74) is 0.0686. The van der Waals surface area contributed by atoms with Gasteiger partial charge in [-0.2, -0.15) is 0 Å². The highest BCUT2D eigenvalue weighted by Crippen LogP contribution is 2.48. The van der Waals surface area contributed by atoms with E-state index in [2.05, 4.69) is 4.72 Å². The first kappa shape index (κ1) is 19.7. The van der Waals surface area contributed by atoms with E-state index in [0.717, 1.165) is 19.1 Å². The largest absolute Gasteiger partial charge is 0.502 e. The molecule has 0 saturated heterocycles. The molecule has 0 unspecified atom stereocenters. The molecule has 1 heterocycles. The molecule has 0 atom stereocenters. The smallest absolute Gasteiger partial charge is 0.308 e. The van der Waals surface area contributed by atoms with Crippen molar-refractivity contribution in [2.45, 2.75) is 11.8 Å². The predicted octanol–water partition coefficient (Wildman–Crippen LogP) is 4.17. The summed E-state index contributed by atoms with van der Waals surface area (Å²) in [6, 6.07) is 10.6. The van der Waals surface area contributed by atoms with E-state index in [4.69, 9.17) is 20.8 Å². The monoisotopic (exact) mass is 425 g/mol. The van der Waals surface area contributed by atoms with Crippen molar-refractivity contribution < 1.29 is 31.9 Å². The molecule has 3 aromatic rings. The number of hydrogen-bond acceptors (Lipinski definition) is 6. The Kier molecular flexibility index (Phi) is 5.30. The van der Waals surface area contributed by atoms with Crippen LogP contribution in [0.3, 0.4) is 0 Å². The number of furan rings is 1. The van der Waals surface area contributed by atoms with Crippen LogP contribution in [0.4, 0.5) is 10.3 Å². The predicted molar refractivity (Wildman–Crippen MR) is 99.3 cm³/mol. The summed E-state index contributed by atoms with van der Waals surface area (Å²) < 4.78 is 50.8. The molecule has 2 N–H and O–H groups in total. The second-order valence-electron chi connectivity index (χ2n) is 5.57.